The third kappa shape index (κ3) is 4.34. The molecular formula is C23H18ClNO5S. The Morgan fingerprint density at radius 3 is 2.19 bits per heavy atom. The molecule has 158 valence electrons. The topological polar surface area (TPSA) is 85.6 Å². The molecule has 0 saturated heterocycles. The lowest BCUT2D eigenvalue weighted by atomic mass is 10.1. The molecule has 1 N–H and O–H groups in total. The van der Waals surface area contributed by atoms with Gasteiger partial charge in [0, 0.05) is 21.8 Å². The summed E-state index contributed by atoms with van der Waals surface area (Å²) in [4.78, 5) is 12.1. The third-order valence-electron chi connectivity index (χ3n) is 4.91. The Kier molecular flexibility index (Phi) is 5.82. The highest BCUT2D eigenvalue weighted by Crippen LogP contribution is 2.31. The lowest BCUT2D eigenvalue weighted by Gasteiger charge is -2.13. The average molecular weight is 456 g/mol. The minimum Gasteiger partial charge on any atom is -0.478 e. The fraction of sp³-hybridized carbons (Fsp3) is 0.0870. The number of aromatic nitrogens is 1. The van der Waals surface area contributed by atoms with Crippen LogP contribution in [0.25, 0.3) is 16.6 Å². The Morgan fingerprint density at radius 2 is 1.55 bits per heavy atom. The average Bonchev–Trinajstić information content (AvgIpc) is 3.08. The molecule has 0 atom stereocenters. The summed E-state index contributed by atoms with van der Waals surface area (Å²) in [5.41, 5.74) is 2.87. The summed E-state index contributed by atoms with van der Waals surface area (Å²) in [6.07, 6.45) is 0. The Balaban J connectivity index is 1.81. The van der Waals surface area contributed by atoms with Crippen molar-refractivity contribution in [1.29, 1.82) is 0 Å². The zero-order valence-electron chi connectivity index (χ0n) is 16.2. The summed E-state index contributed by atoms with van der Waals surface area (Å²) in [6, 6.07) is 22.7. The Bertz CT molecular complexity index is 1350. The smallest absolute Gasteiger partial charge is 0.338 e. The molecule has 0 radical (unpaired) electrons. The van der Waals surface area contributed by atoms with Crippen molar-refractivity contribution in [2.24, 2.45) is 0 Å². The van der Waals surface area contributed by atoms with Crippen molar-refractivity contribution in [1.82, 2.24) is 4.57 Å². The second-order valence-corrected chi connectivity index (χ2v) is 9.46. The highest BCUT2D eigenvalue weighted by atomic mass is 35.7. The van der Waals surface area contributed by atoms with Crippen molar-refractivity contribution in [3.8, 4) is 5.69 Å². The van der Waals surface area contributed by atoms with Crippen LogP contribution in [0.4, 0.5) is 0 Å². The molecule has 1 heterocycles. The maximum absolute atomic E-state index is 12.1. The molecule has 0 bridgehead atoms. The first-order valence-electron chi connectivity index (χ1n) is 9.38. The van der Waals surface area contributed by atoms with Crippen LogP contribution in [0.1, 0.15) is 21.6 Å². The molecule has 0 fully saturated rings. The molecule has 0 aliphatic carbocycles. The second-order valence-electron chi connectivity index (χ2n) is 6.89. The van der Waals surface area contributed by atoms with Gasteiger partial charge in [-0.05, 0) is 35.9 Å². The second kappa shape index (κ2) is 8.55. The van der Waals surface area contributed by atoms with E-state index in [2.05, 4.69) is 0 Å². The lowest BCUT2D eigenvalue weighted by molar-refractivity contribution is 0.0684. The molecule has 1 aromatic heterocycles. The number of fused-ring (bicyclic) bond motifs is 1. The summed E-state index contributed by atoms with van der Waals surface area (Å²) in [6.45, 7) is 0.381. The molecule has 0 aliphatic heterocycles. The fourth-order valence-corrected chi connectivity index (χ4v) is 4.33. The van der Waals surface area contributed by atoms with Gasteiger partial charge in [0.25, 0.3) is 9.05 Å². The fourth-order valence-electron chi connectivity index (χ4n) is 3.56. The van der Waals surface area contributed by atoms with E-state index in [1.54, 1.807) is 28.8 Å². The predicted octanol–water partition coefficient (Wildman–Crippen LogP) is 4.97. The number of para-hydroxylation sites is 1. The minimum absolute atomic E-state index is 0.0327. The lowest BCUT2D eigenvalue weighted by Crippen LogP contribution is -2.08. The summed E-state index contributed by atoms with van der Waals surface area (Å²) in [5, 5.41) is 10.5. The largest absolute Gasteiger partial charge is 0.478 e. The van der Waals surface area contributed by atoms with E-state index in [0.717, 1.165) is 5.56 Å². The van der Waals surface area contributed by atoms with Gasteiger partial charge in [-0.3, -0.25) is 0 Å². The third-order valence-corrected chi connectivity index (χ3v) is 6.28. The van der Waals surface area contributed by atoms with Gasteiger partial charge in [0.05, 0.1) is 34.9 Å². The molecular weight excluding hydrogens is 438 g/mol. The van der Waals surface area contributed by atoms with Crippen molar-refractivity contribution < 1.29 is 23.1 Å². The van der Waals surface area contributed by atoms with Gasteiger partial charge in [0.1, 0.15) is 0 Å². The van der Waals surface area contributed by atoms with E-state index in [0.29, 0.717) is 28.9 Å². The minimum atomic E-state index is -3.86. The molecule has 0 saturated carbocycles. The number of carboxylic acids is 1. The van der Waals surface area contributed by atoms with E-state index >= 15 is 0 Å². The summed E-state index contributed by atoms with van der Waals surface area (Å²) < 4.78 is 30.8. The predicted molar refractivity (Wildman–Crippen MR) is 118 cm³/mol. The van der Waals surface area contributed by atoms with Crippen LogP contribution in [-0.2, 0) is 27.0 Å². The SMILES string of the molecule is O=C(O)c1c(COCc2ccccc2)n(-c2ccc(S(=O)(=O)Cl)cc2)c2ccccc12. The number of benzene rings is 3. The molecule has 0 spiro atoms. The Morgan fingerprint density at radius 1 is 0.903 bits per heavy atom. The molecule has 0 unspecified atom stereocenters. The van der Waals surface area contributed by atoms with Gasteiger partial charge in [-0.15, -0.1) is 0 Å². The van der Waals surface area contributed by atoms with Crippen LogP contribution in [0.3, 0.4) is 0 Å². The van der Waals surface area contributed by atoms with Crippen LogP contribution >= 0.6 is 10.7 Å². The van der Waals surface area contributed by atoms with Crippen LogP contribution in [0, 0.1) is 0 Å². The number of nitrogens with zero attached hydrogens (tertiary/aromatic N) is 1. The first-order chi connectivity index (χ1) is 14.9. The summed E-state index contributed by atoms with van der Waals surface area (Å²) in [7, 11) is 1.56. The van der Waals surface area contributed by atoms with E-state index in [4.69, 9.17) is 15.4 Å². The van der Waals surface area contributed by atoms with E-state index in [1.807, 2.05) is 42.5 Å². The molecule has 6 nitrogen and oxygen atoms in total. The Labute approximate surface area is 183 Å². The first-order valence-corrected chi connectivity index (χ1v) is 11.7. The molecule has 3 aromatic carbocycles. The molecule has 0 amide bonds. The van der Waals surface area contributed by atoms with Crippen LogP contribution in [0.2, 0.25) is 0 Å². The normalized spacial score (nSPS) is 11.6. The van der Waals surface area contributed by atoms with Gasteiger partial charge in [0.15, 0.2) is 0 Å². The number of ether oxygens (including phenoxy) is 1. The number of hydrogen-bond donors (Lipinski definition) is 1. The van der Waals surface area contributed by atoms with Crippen molar-refractivity contribution >= 4 is 36.6 Å². The summed E-state index contributed by atoms with van der Waals surface area (Å²) >= 11 is 0. The van der Waals surface area contributed by atoms with Gasteiger partial charge >= 0.3 is 5.97 Å². The van der Waals surface area contributed by atoms with Gasteiger partial charge in [-0.25, -0.2) is 13.2 Å². The van der Waals surface area contributed by atoms with Gasteiger partial charge in [-0.2, -0.15) is 0 Å². The standard InChI is InChI=1S/C23H18ClNO5S/c24-31(28,29)18-12-10-17(11-13-18)25-20-9-5-4-8-19(20)22(23(26)27)21(25)15-30-14-16-6-2-1-3-7-16/h1-13H,14-15H2,(H,26,27). The highest BCUT2D eigenvalue weighted by Gasteiger charge is 2.23. The van der Waals surface area contributed by atoms with Crippen molar-refractivity contribution in [2.75, 3.05) is 0 Å². The quantitative estimate of drug-likeness (QED) is 0.397. The molecule has 4 aromatic rings. The zero-order valence-corrected chi connectivity index (χ0v) is 17.8. The summed E-state index contributed by atoms with van der Waals surface area (Å²) in [5.74, 6) is -1.06. The maximum Gasteiger partial charge on any atom is 0.338 e. The Hall–Kier alpha value is -3.13. The molecule has 0 aliphatic rings. The number of aromatic carboxylic acids is 1. The van der Waals surface area contributed by atoms with Crippen molar-refractivity contribution in [2.45, 2.75) is 18.1 Å². The number of carbonyl (C=O) groups is 1. The van der Waals surface area contributed by atoms with Crippen LogP contribution in [-0.4, -0.2) is 24.1 Å². The molecule has 4 rings (SSSR count). The maximum atomic E-state index is 12.1. The van der Waals surface area contributed by atoms with Gasteiger partial charge < -0.3 is 14.4 Å². The van der Waals surface area contributed by atoms with Gasteiger partial charge in [-0.1, -0.05) is 48.5 Å². The monoisotopic (exact) mass is 455 g/mol. The van der Waals surface area contributed by atoms with Crippen LogP contribution < -0.4 is 0 Å². The molecule has 8 heteroatoms. The number of halogens is 1. The number of carboxylic acid groups (broad SMARTS) is 1. The van der Waals surface area contributed by atoms with Crippen molar-refractivity contribution in [3.63, 3.8) is 0 Å². The number of rotatable bonds is 7. The van der Waals surface area contributed by atoms with E-state index < -0.39 is 15.0 Å². The highest BCUT2D eigenvalue weighted by molar-refractivity contribution is 8.13. The van der Waals surface area contributed by atoms with E-state index in [9.17, 15) is 18.3 Å². The molecule has 31 heavy (non-hydrogen) atoms. The number of hydrogen-bond acceptors (Lipinski definition) is 4. The zero-order chi connectivity index (χ0) is 22.0. The van der Waals surface area contributed by atoms with Gasteiger partial charge in [0.2, 0.25) is 0 Å². The van der Waals surface area contributed by atoms with Crippen molar-refractivity contribution in [3.05, 3.63) is 95.7 Å². The first kappa shape index (κ1) is 21.1. The van der Waals surface area contributed by atoms with E-state index in [1.165, 1.54) is 12.1 Å². The van der Waals surface area contributed by atoms with E-state index in [-0.39, 0.29) is 17.1 Å². The van der Waals surface area contributed by atoms with Crippen LogP contribution in [0.15, 0.2) is 83.8 Å². The van der Waals surface area contributed by atoms with Crippen LogP contribution in [0.5, 0.6) is 0 Å².